The van der Waals surface area contributed by atoms with E-state index in [1.54, 1.807) is 7.11 Å². The Kier molecular flexibility index (Phi) is 6.63. The van der Waals surface area contributed by atoms with Crippen LogP contribution in [0, 0.1) is 0 Å². The Hall–Kier alpha value is -1.25. The Balaban J connectivity index is 2.00. The third-order valence-corrected chi connectivity index (χ3v) is 9.28. The van der Waals surface area contributed by atoms with Gasteiger partial charge in [0, 0.05) is 0 Å². The third kappa shape index (κ3) is 6.17. The van der Waals surface area contributed by atoms with E-state index in [9.17, 15) is 4.79 Å². The van der Waals surface area contributed by atoms with Gasteiger partial charge in [0.05, 0.1) is 0 Å². The zero-order chi connectivity index (χ0) is 19.5. The zero-order valence-electron chi connectivity index (χ0n) is 17.0. The fraction of sp³-hybridized carbons (Fsp3) is 0.722. The Bertz CT molecular complexity index is 632. The maximum atomic E-state index is 11.9. The molecular weight excluding hydrogens is 439 g/mol. The minimum atomic E-state index is -2.33. The predicted molar refractivity (Wildman–Crippen MR) is 106 cm³/mol. The zero-order valence-corrected chi connectivity index (χ0v) is 19.9. The molecule has 0 saturated carbocycles. The molecule has 1 aromatic heterocycles. The number of piperidine rings is 1. The average Bonchev–Trinajstić information content (AvgIpc) is 2.52. The Morgan fingerprint density at radius 2 is 1.85 bits per heavy atom. The van der Waals surface area contributed by atoms with Crippen molar-refractivity contribution in [3.05, 3.63) is 6.07 Å². The first kappa shape index (κ1) is 21.1. The van der Waals surface area contributed by atoms with Gasteiger partial charge in [0.1, 0.15) is 0 Å². The van der Waals surface area contributed by atoms with Gasteiger partial charge in [-0.1, -0.05) is 0 Å². The molecule has 2 heterocycles. The summed E-state index contributed by atoms with van der Waals surface area (Å²) < 4.78 is 11.9. The van der Waals surface area contributed by atoms with Gasteiger partial charge in [-0.15, -0.1) is 0 Å². The number of anilines is 1. The van der Waals surface area contributed by atoms with Gasteiger partial charge < -0.3 is 0 Å². The minimum absolute atomic E-state index is 0.118. The van der Waals surface area contributed by atoms with E-state index in [0.29, 0.717) is 5.88 Å². The maximum absolute atomic E-state index is 11.9. The van der Waals surface area contributed by atoms with Crippen molar-refractivity contribution in [2.45, 2.75) is 60.1 Å². The molecule has 146 valence electrons. The molecular formula is C18H32N4O3Sn. The van der Waals surface area contributed by atoms with E-state index >= 15 is 0 Å². The summed E-state index contributed by atoms with van der Waals surface area (Å²) >= 11 is -2.33. The SMILES string of the molecule is COc1c[c]([Sn]([CH3])([CH3])[CH3])nc(N2CCC(NC(=O)OC(C)(C)C)CC2)n1. The van der Waals surface area contributed by atoms with Gasteiger partial charge in [-0.2, -0.15) is 0 Å². The first-order valence-electron chi connectivity index (χ1n) is 9.16. The van der Waals surface area contributed by atoms with Crippen LogP contribution in [0.15, 0.2) is 6.07 Å². The van der Waals surface area contributed by atoms with Crippen molar-refractivity contribution < 1.29 is 14.3 Å². The van der Waals surface area contributed by atoms with Crippen LogP contribution in [-0.4, -0.2) is 66.3 Å². The van der Waals surface area contributed by atoms with E-state index in [-0.39, 0.29) is 12.1 Å². The van der Waals surface area contributed by atoms with Crippen LogP contribution in [0.2, 0.25) is 14.8 Å². The van der Waals surface area contributed by atoms with Crippen LogP contribution in [0.5, 0.6) is 5.88 Å². The number of carbonyl (C=O) groups excluding carboxylic acids is 1. The standard InChI is InChI=1S/C15H23N4O3.3CH3.Sn/c1-15(2,3)22-14(20)17-11-6-9-19(10-7-11)13-16-8-5-12(18-13)21-4;;;;/h5,11H,6-7,9-10H2,1-4H3,(H,17,20);3*1H3;. The van der Waals surface area contributed by atoms with E-state index in [1.165, 1.54) is 0 Å². The van der Waals surface area contributed by atoms with Crippen LogP contribution in [0.4, 0.5) is 10.7 Å². The number of hydrogen-bond acceptors (Lipinski definition) is 6. The quantitative estimate of drug-likeness (QED) is 0.681. The fourth-order valence-electron chi connectivity index (χ4n) is 2.74. The molecule has 1 fully saturated rings. The van der Waals surface area contributed by atoms with Crippen molar-refractivity contribution >= 4 is 34.1 Å². The summed E-state index contributed by atoms with van der Waals surface area (Å²) in [4.78, 5) is 30.5. The molecule has 0 aromatic carbocycles. The van der Waals surface area contributed by atoms with Crippen molar-refractivity contribution in [1.29, 1.82) is 0 Å². The van der Waals surface area contributed by atoms with Crippen molar-refractivity contribution in [2.75, 3.05) is 25.1 Å². The number of alkyl carbamates (subject to hydrolysis) is 1. The molecule has 1 saturated heterocycles. The van der Waals surface area contributed by atoms with Crippen LogP contribution in [0.1, 0.15) is 33.6 Å². The molecule has 26 heavy (non-hydrogen) atoms. The van der Waals surface area contributed by atoms with Crippen LogP contribution in [-0.2, 0) is 4.74 Å². The van der Waals surface area contributed by atoms with Crippen molar-refractivity contribution in [1.82, 2.24) is 15.3 Å². The molecule has 0 spiro atoms. The summed E-state index contributed by atoms with van der Waals surface area (Å²) in [5.74, 6) is 1.37. The summed E-state index contributed by atoms with van der Waals surface area (Å²) in [5, 5.41) is 2.96. The number of amides is 1. The number of rotatable bonds is 4. The molecule has 1 aliphatic heterocycles. The monoisotopic (exact) mass is 472 g/mol. The number of ether oxygens (including phenoxy) is 2. The topological polar surface area (TPSA) is 76.6 Å². The second kappa shape index (κ2) is 8.19. The molecule has 0 aliphatic carbocycles. The van der Waals surface area contributed by atoms with Gasteiger partial charge in [-0.05, 0) is 0 Å². The van der Waals surface area contributed by atoms with Gasteiger partial charge in [-0.25, -0.2) is 0 Å². The third-order valence-electron chi connectivity index (χ3n) is 4.17. The van der Waals surface area contributed by atoms with Gasteiger partial charge in [-0.3, -0.25) is 0 Å². The number of methoxy groups -OCH3 is 1. The van der Waals surface area contributed by atoms with Crippen LogP contribution in [0.25, 0.3) is 0 Å². The van der Waals surface area contributed by atoms with E-state index in [2.05, 4.69) is 30.0 Å². The molecule has 0 radical (unpaired) electrons. The second-order valence-corrected chi connectivity index (χ2v) is 23.1. The molecule has 7 nitrogen and oxygen atoms in total. The molecule has 0 bridgehead atoms. The second-order valence-electron chi connectivity index (χ2n) is 8.75. The van der Waals surface area contributed by atoms with E-state index in [4.69, 9.17) is 14.5 Å². The van der Waals surface area contributed by atoms with E-state index in [0.717, 1.165) is 35.6 Å². The molecule has 1 N–H and O–H groups in total. The van der Waals surface area contributed by atoms with Gasteiger partial charge in [0.15, 0.2) is 0 Å². The number of hydrogen-bond donors (Lipinski definition) is 1. The molecule has 1 aliphatic rings. The summed E-state index contributed by atoms with van der Waals surface area (Å²) in [6, 6.07) is 2.10. The molecule has 2 rings (SSSR count). The van der Waals surface area contributed by atoms with Gasteiger partial charge in [0.25, 0.3) is 0 Å². The number of nitrogens with zero attached hydrogens (tertiary/aromatic N) is 3. The van der Waals surface area contributed by atoms with Crippen molar-refractivity contribution in [3.63, 3.8) is 0 Å². The Labute approximate surface area is 160 Å². The molecule has 1 aromatic rings. The van der Waals surface area contributed by atoms with Crippen molar-refractivity contribution in [2.24, 2.45) is 0 Å². The summed E-state index contributed by atoms with van der Waals surface area (Å²) in [7, 11) is 1.64. The summed E-state index contributed by atoms with van der Waals surface area (Å²) in [6.45, 7) is 7.20. The van der Waals surface area contributed by atoms with Crippen LogP contribution < -0.4 is 18.7 Å². The van der Waals surface area contributed by atoms with Gasteiger partial charge in [0.2, 0.25) is 0 Å². The number of aromatic nitrogens is 2. The predicted octanol–water partition coefficient (Wildman–Crippen LogP) is 2.52. The van der Waals surface area contributed by atoms with Crippen molar-refractivity contribution in [3.8, 4) is 5.88 Å². The van der Waals surface area contributed by atoms with Gasteiger partial charge >= 0.3 is 161 Å². The Morgan fingerprint density at radius 1 is 1.23 bits per heavy atom. The molecule has 8 heteroatoms. The fourth-order valence-corrected chi connectivity index (χ4v) is 5.57. The summed E-state index contributed by atoms with van der Waals surface area (Å²) in [6.07, 6.45) is 1.33. The number of nitrogens with one attached hydrogen (secondary N) is 1. The first-order chi connectivity index (χ1) is 12.0. The first-order valence-corrected chi connectivity index (χ1v) is 19.1. The summed E-state index contributed by atoms with van der Waals surface area (Å²) in [5.41, 5.74) is -0.478. The molecule has 1 amide bonds. The van der Waals surface area contributed by atoms with E-state index in [1.807, 2.05) is 26.8 Å². The average molecular weight is 471 g/mol. The molecule has 0 atom stereocenters. The van der Waals surface area contributed by atoms with E-state index < -0.39 is 24.0 Å². The van der Waals surface area contributed by atoms with Crippen LogP contribution in [0.3, 0.4) is 0 Å². The molecule has 0 unspecified atom stereocenters. The number of carbonyl (C=O) groups is 1. The Morgan fingerprint density at radius 3 is 2.35 bits per heavy atom. The van der Waals surface area contributed by atoms with Crippen LogP contribution >= 0.6 is 0 Å². The normalized spacial score (nSPS) is 16.3.